The molecule has 1 heterocycles. The zero-order chi connectivity index (χ0) is 18.6. The molecule has 0 radical (unpaired) electrons. The van der Waals surface area contributed by atoms with Gasteiger partial charge in [0.15, 0.2) is 6.61 Å². The van der Waals surface area contributed by atoms with Gasteiger partial charge in [-0.25, -0.2) is 0 Å². The van der Waals surface area contributed by atoms with Gasteiger partial charge in [0, 0.05) is 10.6 Å². The zero-order valence-corrected chi connectivity index (χ0v) is 15.7. The van der Waals surface area contributed by atoms with E-state index in [2.05, 4.69) is 34.4 Å². The van der Waals surface area contributed by atoms with Crippen molar-refractivity contribution >= 4 is 11.6 Å². The number of nitrogens with zero attached hydrogens (tertiary/aromatic N) is 2. The maximum Gasteiger partial charge on any atom is 0.264 e. The lowest BCUT2D eigenvalue weighted by atomic mass is 9.95. The third-order valence-corrected chi connectivity index (χ3v) is 5.41. The van der Waals surface area contributed by atoms with Crippen molar-refractivity contribution < 1.29 is 9.26 Å². The second kappa shape index (κ2) is 8.11. The number of aromatic nitrogens is 2. The first-order valence-corrected chi connectivity index (χ1v) is 9.60. The molecule has 2 atom stereocenters. The average molecular weight is 384 g/mol. The van der Waals surface area contributed by atoms with Crippen molar-refractivity contribution in [1.29, 1.82) is 0 Å². The number of nitrogens with two attached hydrogens (primary N) is 1. The van der Waals surface area contributed by atoms with Crippen molar-refractivity contribution in [1.82, 2.24) is 10.1 Å². The fourth-order valence-electron chi connectivity index (χ4n) is 3.60. The Bertz CT molecular complexity index is 877. The van der Waals surface area contributed by atoms with Crippen LogP contribution >= 0.6 is 11.6 Å². The lowest BCUT2D eigenvalue weighted by Crippen LogP contribution is -2.10. The molecule has 140 valence electrons. The van der Waals surface area contributed by atoms with Crippen molar-refractivity contribution in [3.63, 3.8) is 0 Å². The van der Waals surface area contributed by atoms with Gasteiger partial charge >= 0.3 is 0 Å². The molecule has 0 spiro atoms. The maximum absolute atomic E-state index is 5.87. The Morgan fingerprint density at radius 1 is 1.07 bits per heavy atom. The number of hydrogen-bond donors (Lipinski definition) is 1. The summed E-state index contributed by atoms with van der Waals surface area (Å²) in [5.41, 5.74) is 8.11. The van der Waals surface area contributed by atoms with Crippen LogP contribution in [0.5, 0.6) is 5.75 Å². The van der Waals surface area contributed by atoms with Gasteiger partial charge in [-0.15, -0.1) is 0 Å². The molecule has 2 N–H and O–H groups in total. The van der Waals surface area contributed by atoms with E-state index >= 15 is 0 Å². The van der Waals surface area contributed by atoms with Gasteiger partial charge in [0.1, 0.15) is 5.75 Å². The molecule has 0 amide bonds. The van der Waals surface area contributed by atoms with E-state index in [9.17, 15) is 0 Å². The zero-order valence-electron chi connectivity index (χ0n) is 15.0. The molecular weight excluding hydrogens is 362 g/mol. The van der Waals surface area contributed by atoms with Gasteiger partial charge in [-0.1, -0.05) is 41.0 Å². The minimum absolute atomic E-state index is 0.218. The second-order valence-electron chi connectivity index (χ2n) is 6.99. The largest absolute Gasteiger partial charge is 0.484 e. The maximum atomic E-state index is 5.87. The van der Waals surface area contributed by atoms with Crippen LogP contribution in [-0.2, 0) is 6.61 Å². The highest BCUT2D eigenvalue weighted by molar-refractivity contribution is 6.30. The Hall–Kier alpha value is -2.37. The SMILES string of the molecule is NC[C@@H]1CCC(c2ccc(-c3noc(COc4ccc(Cl)cc4)n3)cc2)C1. The van der Waals surface area contributed by atoms with Crippen LogP contribution in [0.1, 0.15) is 36.6 Å². The summed E-state index contributed by atoms with van der Waals surface area (Å²) < 4.78 is 10.9. The van der Waals surface area contributed by atoms with E-state index in [0.29, 0.717) is 34.3 Å². The summed E-state index contributed by atoms with van der Waals surface area (Å²) in [6.45, 7) is 1.01. The Morgan fingerprint density at radius 2 is 1.85 bits per heavy atom. The first-order chi connectivity index (χ1) is 13.2. The fourth-order valence-corrected chi connectivity index (χ4v) is 3.73. The van der Waals surface area contributed by atoms with Crippen molar-refractivity contribution in [3.05, 3.63) is 65.0 Å². The number of benzene rings is 2. The van der Waals surface area contributed by atoms with Crippen molar-refractivity contribution in [2.24, 2.45) is 11.7 Å². The molecule has 1 unspecified atom stereocenters. The van der Waals surface area contributed by atoms with E-state index < -0.39 is 0 Å². The molecule has 6 heteroatoms. The third kappa shape index (κ3) is 4.31. The lowest BCUT2D eigenvalue weighted by Gasteiger charge is -2.10. The highest BCUT2D eigenvalue weighted by Gasteiger charge is 2.24. The summed E-state index contributed by atoms with van der Waals surface area (Å²) in [7, 11) is 0. The van der Waals surface area contributed by atoms with Gasteiger partial charge in [0.05, 0.1) is 0 Å². The van der Waals surface area contributed by atoms with Gasteiger partial charge in [0.25, 0.3) is 5.89 Å². The Morgan fingerprint density at radius 3 is 2.56 bits per heavy atom. The topological polar surface area (TPSA) is 74.2 Å². The van der Waals surface area contributed by atoms with Gasteiger partial charge in [-0.3, -0.25) is 0 Å². The molecule has 0 saturated heterocycles. The smallest absolute Gasteiger partial charge is 0.264 e. The third-order valence-electron chi connectivity index (χ3n) is 5.16. The minimum atomic E-state index is 0.218. The van der Waals surface area contributed by atoms with Crippen molar-refractivity contribution in [2.45, 2.75) is 31.8 Å². The summed E-state index contributed by atoms with van der Waals surface area (Å²) in [4.78, 5) is 4.42. The number of rotatable bonds is 6. The minimum Gasteiger partial charge on any atom is -0.484 e. The molecule has 1 aliphatic rings. The molecule has 1 aliphatic carbocycles. The fraction of sp³-hybridized carbons (Fsp3) is 0.333. The first kappa shape index (κ1) is 18.0. The summed E-state index contributed by atoms with van der Waals surface area (Å²) in [5, 5.41) is 4.73. The van der Waals surface area contributed by atoms with Crippen LogP contribution in [-0.4, -0.2) is 16.7 Å². The summed E-state index contributed by atoms with van der Waals surface area (Å²) in [6.07, 6.45) is 3.63. The van der Waals surface area contributed by atoms with Gasteiger partial charge in [-0.05, 0) is 67.5 Å². The quantitative estimate of drug-likeness (QED) is 0.661. The monoisotopic (exact) mass is 383 g/mol. The molecule has 27 heavy (non-hydrogen) atoms. The Labute approximate surface area is 163 Å². The average Bonchev–Trinajstić information content (AvgIpc) is 3.37. The Kier molecular flexibility index (Phi) is 5.41. The summed E-state index contributed by atoms with van der Waals surface area (Å²) >= 11 is 5.87. The highest BCUT2D eigenvalue weighted by Crippen LogP contribution is 2.38. The van der Waals surface area contributed by atoms with E-state index in [1.807, 2.05) is 0 Å². The van der Waals surface area contributed by atoms with Gasteiger partial charge in [0.2, 0.25) is 5.82 Å². The predicted molar refractivity (Wildman–Crippen MR) is 105 cm³/mol. The standard InChI is InChI=1S/C21H22ClN3O2/c22-18-7-9-19(10-8-18)26-13-20-24-21(25-27-20)16-5-3-15(4-6-16)17-2-1-14(11-17)12-23/h3-10,14,17H,1-2,11-13,23H2/t14-,17?/m1/s1. The molecule has 1 saturated carbocycles. The number of ether oxygens (including phenoxy) is 1. The molecule has 3 aromatic rings. The van der Waals surface area contributed by atoms with E-state index in [1.165, 1.54) is 24.8 Å². The highest BCUT2D eigenvalue weighted by atomic mass is 35.5. The predicted octanol–water partition coefficient (Wildman–Crippen LogP) is 4.81. The van der Waals surface area contributed by atoms with Crippen molar-refractivity contribution in [2.75, 3.05) is 6.54 Å². The van der Waals surface area contributed by atoms with E-state index in [4.69, 9.17) is 26.6 Å². The van der Waals surface area contributed by atoms with Gasteiger partial charge in [-0.2, -0.15) is 4.98 Å². The lowest BCUT2D eigenvalue weighted by molar-refractivity contribution is 0.243. The number of hydrogen-bond acceptors (Lipinski definition) is 5. The van der Waals surface area contributed by atoms with E-state index in [0.717, 1.165) is 12.1 Å². The van der Waals surface area contributed by atoms with E-state index in [-0.39, 0.29) is 6.61 Å². The van der Waals surface area contributed by atoms with Crippen LogP contribution < -0.4 is 10.5 Å². The number of halogens is 1. The van der Waals surface area contributed by atoms with Crippen LogP contribution in [0.15, 0.2) is 53.1 Å². The van der Waals surface area contributed by atoms with Crippen molar-refractivity contribution in [3.8, 4) is 17.1 Å². The molecule has 5 nitrogen and oxygen atoms in total. The van der Waals surface area contributed by atoms with Crippen LogP contribution in [0.3, 0.4) is 0 Å². The Balaban J connectivity index is 1.38. The second-order valence-corrected chi connectivity index (χ2v) is 7.42. The van der Waals surface area contributed by atoms with E-state index in [1.54, 1.807) is 24.3 Å². The van der Waals surface area contributed by atoms with Crippen LogP contribution in [0.2, 0.25) is 5.02 Å². The van der Waals surface area contributed by atoms with Crippen LogP contribution in [0.25, 0.3) is 11.4 Å². The first-order valence-electron chi connectivity index (χ1n) is 9.22. The molecule has 1 aromatic heterocycles. The summed E-state index contributed by atoms with van der Waals surface area (Å²) in [6, 6.07) is 15.6. The molecule has 4 rings (SSSR count). The molecular formula is C21H22ClN3O2. The van der Waals surface area contributed by atoms with Crippen LogP contribution in [0, 0.1) is 5.92 Å². The summed E-state index contributed by atoms with van der Waals surface area (Å²) in [5.74, 6) is 2.99. The molecule has 2 aromatic carbocycles. The normalized spacial score (nSPS) is 19.3. The molecule has 1 fully saturated rings. The molecule has 0 bridgehead atoms. The van der Waals surface area contributed by atoms with Crippen LogP contribution in [0.4, 0.5) is 0 Å². The molecule has 0 aliphatic heterocycles. The van der Waals surface area contributed by atoms with Gasteiger partial charge < -0.3 is 15.0 Å².